The molecule has 1 unspecified atom stereocenters. The Bertz CT molecular complexity index is 1140. The first kappa shape index (κ1) is 19.8. The fraction of sp³-hybridized carbons (Fsp3) is 0.318. The lowest BCUT2D eigenvalue weighted by atomic mass is 10.1. The third-order valence-corrected chi connectivity index (χ3v) is 5.53. The molecule has 0 radical (unpaired) electrons. The Labute approximate surface area is 174 Å². The molecule has 4 rings (SSSR count). The van der Waals surface area contributed by atoms with Crippen molar-refractivity contribution in [3.63, 3.8) is 0 Å². The summed E-state index contributed by atoms with van der Waals surface area (Å²) in [5, 5.41) is 3.13. The number of hydrogen-bond donors (Lipinski definition) is 1. The van der Waals surface area contributed by atoms with Crippen LogP contribution in [0.4, 0.5) is 11.6 Å². The van der Waals surface area contributed by atoms with Crippen molar-refractivity contribution in [2.75, 3.05) is 11.9 Å². The molecule has 1 atom stereocenters. The summed E-state index contributed by atoms with van der Waals surface area (Å²) in [5.41, 5.74) is 2.31. The standard InChI is InChI=1S/C22H24N6O2/c1-14-12-15(2)27(3)21(29)20(14)22(30)28-11-5-7-17(28)16-6-4-8-18(25-16)26-19-13-23-9-10-24-19/h4,6,8-10,12-13,17H,5,7,11H2,1-3H3,(H,24,25,26). The first-order chi connectivity index (χ1) is 14.5. The van der Waals surface area contributed by atoms with Crippen molar-refractivity contribution < 1.29 is 4.79 Å². The molecule has 1 saturated heterocycles. The summed E-state index contributed by atoms with van der Waals surface area (Å²) < 4.78 is 1.52. The number of carbonyl (C=O) groups is 1. The second kappa shape index (κ2) is 8.06. The van der Waals surface area contributed by atoms with E-state index in [0.29, 0.717) is 23.7 Å². The van der Waals surface area contributed by atoms with Crippen molar-refractivity contribution in [1.82, 2.24) is 24.4 Å². The van der Waals surface area contributed by atoms with E-state index in [0.717, 1.165) is 24.2 Å². The molecule has 1 aliphatic heterocycles. The Hall–Kier alpha value is -3.55. The van der Waals surface area contributed by atoms with Crippen molar-refractivity contribution in [2.24, 2.45) is 7.05 Å². The topological polar surface area (TPSA) is 93.0 Å². The molecule has 3 aromatic heterocycles. The van der Waals surface area contributed by atoms with E-state index in [1.165, 1.54) is 4.57 Å². The number of hydrogen-bond acceptors (Lipinski definition) is 6. The van der Waals surface area contributed by atoms with Gasteiger partial charge in [0.25, 0.3) is 11.5 Å². The predicted octanol–water partition coefficient (Wildman–Crippen LogP) is 2.91. The Morgan fingerprint density at radius 3 is 2.80 bits per heavy atom. The molecule has 1 N–H and O–H groups in total. The number of aromatic nitrogens is 4. The summed E-state index contributed by atoms with van der Waals surface area (Å²) in [6.07, 6.45) is 6.50. The van der Waals surface area contributed by atoms with Crippen LogP contribution in [0.2, 0.25) is 0 Å². The highest BCUT2D eigenvalue weighted by Crippen LogP contribution is 2.33. The molecule has 8 heteroatoms. The molecule has 0 bridgehead atoms. The van der Waals surface area contributed by atoms with E-state index in [1.807, 2.05) is 38.1 Å². The minimum absolute atomic E-state index is 0.175. The number of nitrogens with zero attached hydrogens (tertiary/aromatic N) is 5. The van der Waals surface area contributed by atoms with Crippen LogP contribution in [0.25, 0.3) is 0 Å². The number of nitrogens with one attached hydrogen (secondary N) is 1. The van der Waals surface area contributed by atoms with E-state index in [-0.39, 0.29) is 23.1 Å². The van der Waals surface area contributed by atoms with Crippen LogP contribution in [0.3, 0.4) is 0 Å². The second-order valence-electron chi connectivity index (χ2n) is 7.53. The lowest BCUT2D eigenvalue weighted by Gasteiger charge is -2.25. The predicted molar refractivity (Wildman–Crippen MR) is 114 cm³/mol. The van der Waals surface area contributed by atoms with Crippen molar-refractivity contribution in [3.8, 4) is 0 Å². The third kappa shape index (κ3) is 3.68. The van der Waals surface area contributed by atoms with Gasteiger partial charge in [-0.05, 0) is 50.5 Å². The maximum atomic E-state index is 13.4. The molecule has 3 aromatic rings. The van der Waals surface area contributed by atoms with Crippen LogP contribution < -0.4 is 10.9 Å². The van der Waals surface area contributed by atoms with Crippen LogP contribution in [0.1, 0.15) is 46.2 Å². The zero-order valence-electron chi connectivity index (χ0n) is 17.3. The number of pyridine rings is 2. The highest BCUT2D eigenvalue weighted by atomic mass is 16.2. The molecule has 1 aliphatic rings. The summed E-state index contributed by atoms with van der Waals surface area (Å²) in [6.45, 7) is 4.28. The number of amides is 1. The number of anilines is 2. The lowest BCUT2D eigenvalue weighted by Crippen LogP contribution is -2.37. The van der Waals surface area contributed by atoms with Gasteiger partial charge in [0.2, 0.25) is 0 Å². The molecule has 0 aliphatic carbocycles. The summed E-state index contributed by atoms with van der Waals surface area (Å²) in [4.78, 5) is 40.9. The molecular formula is C22H24N6O2. The van der Waals surface area contributed by atoms with E-state index in [9.17, 15) is 9.59 Å². The average molecular weight is 404 g/mol. The first-order valence-corrected chi connectivity index (χ1v) is 9.94. The quantitative estimate of drug-likeness (QED) is 0.719. The molecule has 0 saturated carbocycles. The average Bonchev–Trinajstić information content (AvgIpc) is 3.23. The van der Waals surface area contributed by atoms with Crippen molar-refractivity contribution in [1.29, 1.82) is 0 Å². The highest BCUT2D eigenvalue weighted by molar-refractivity contribution is 5.95. The minimum Gasteiger partial charge on any atom is -0.330 e. The summed E-state index contributed by atoms with van der Waals surface area (Å²) >= 11 is 0. The van der Waals surface area contributed by atoms with E-state index in [1.54, 1.807) is 30.5 Å². The molecule has 4 heterocycles. The second-order valence-corrected chi connectivity index (χ2v) is 7.53. The maximum Gasteiger partial charge on any atom is 0.263 e. The van der Waals surface area contributed by atoms with Gasteiger partial charge in [-0.15, -0.1) is 0 Å². The van der Waals surface area contributed by atoms with Crippen LogP contribution in [-0.2, 0) is 7.05 Å². The fourth-order valence-corrected chi connectivity index (χ4v) is 3.90. The molecule has 154 valence electrons. The van der Waals surface area contributed by atoms with Gasteiger partial charge in [0, 0.05) is 31.7 Å². The van der Waals surface area contributed by atoms with E-state index in [2.05, 4.69) is 15.3 Å². The fourth-order valence-electron chi connectivity index (χ4n) is 3.90. The van der Waals surface area contributed by atoms with Gasteiger partial charge in [-0.25, -0.2) is 9.97 Å². The molecule has 8 nitrogen and oxygen atoms in total. The molecule has 0 aromatic carbocycles. The summed E-state index contributed by atoms with van der Waals surface area (Å²) in [5.74, 6) is 1.000. The third-order valence-electron chi connectivity index (χ3n) is 5.53. The SMILES string of the molecule is Cc1cc(C)n(C)c(=O)c1C(=O)N1CCCC1c1cccc(Nc2cnccn2)n1. The Balaban J connectivity index is 1.63. The first-order valence-electron chi connectivity index (χ1n) is 9.94. The lowest BCUT2D eigenvalue weighted by molar-refractivity contribution is 0.0729. The molecule has 0 spiro atoms. The van der Waals surface area contributed by atoms with E-state index < -0.39 is 0 Å². The van der Waals surface area contributed by atoms with Crippen LogP contribution in [-0.4, -0.2) is 36.9 Å². The Morgan fingerprint density at radius 1 is 1.20 bits per heavy atom. The van der Waals surface area contributed by atoms with Crippen molar-refractivity contribution in [2.45, 2.75) is 32.7 Å². The molecule has 1 fully saturated rings. The maximum absolute atomic E-state index is 13.4. The van der Waals surface area contributed by atoms with Crippen LogP contribution in [0.15, 0.2) is 47.7 Å². The zero-order chi connectivity index (χ0) is 21.3. The van der Waals surface area contributed by atoms with Crippen LogP contribution >= 0.6 is 0 Å². The highest BCUT2D eigenvalue weighted by Gasteiger charge is 2.33. The van der Waals surface area contributed by atoms with Gasteiger partial charge in [-0.1, -0.05) is 6.07 Å². The number of rotatable bonds is 4. The largest absolute Gasteiger partial charge is 0.330 e. The van der Waals surface area contributed by atoms with Crippen molar-refractivity contribution >= 4 is 17.5 Å². The summed E-state index contributed by atoms with van der Waals surface area (Å²) in [6, 6.07) is 7.37. The smallest absolute Gasteiger partial charge is 0.263 e. The zero-order valence-corrected chi connectivity index (χ0v) is 17.3. The number of aryl methyl sites for hydroxylation is 2. The van der Waals surface area contributed by atoms with Gasteiger partial charge in [0.15, 0.2) is 0 Å². The van der Waals surface area contributed by atoms with E-state index >= 15 is 0 Å². The number of likely N-dealkylation sites (tertiary alicyclic amines) is 1. The van der Waals surface area contributed by atoms with Crippen LogP contribution in [0, 0.1) is 13.8 Å². The normalized spacial score (nSPS) is 16.0. The van der Waals surface area contributed by atoms with Crippen LogP contribution in [0.5, 0.6) is 0 Å². The summed E-state index contributed by atoms with van der Waals surface area (Å²) in [7, 11) is 1.69. The Kier molecular flexibility index (Phi) is 5.31. The van der Waals surface area contributed by atoms with Gasteiger partial charge in [0.05, 0.1) is 17.9 Å². The Morgan fingerprint density at radius 2 is 2.03 bits per heavy atom. The van der Waals surface area contributed by atoms with Gasteiger partial charge in [-0.2, -0.15) is 0 Å². The van der Waals surface area contributed by atoms with Gasteiger partial charge in [-0.3, -0.25) is 14.6 Å². The van der Waals surface area contributed by atoms with Gasteiger partial charge >= 0.3 is 0 Å². The molecule has 30 heavy (non-hydrogen) atoms. The van der Waals surface area contributed by atoms with Gasteiger partial charge in [0.1, 0.15) is 17.2 Å². The molecular weight excluding hydrogens is 380 g/mol. The van der Waals surface area contributed by atoms with Crippen molar-refractivity contribution in [3.05, 3.63) is 75.7 Å². The van der Waals surface area contributed by atoms with Gasteiger partial charge < -0.3 is 14.8 Å². The number of carbonyl (C=O) groups excluding carboxylic acids is 1. The molecule has 1 amide bonds. The van der Waals surface area contributed by atoms with E-state index in [4.69, 9.17) is 4.98 Å². The minimum atomic E-state index is -0.255. The monoisotopic (exact) mass is 404 g/mol.